The van der Waals surface area contributed by atoms with Crippen molar-refractivity contribution < 1.29 is 5.11 Å². The number of aromatic nitrogens is 3. The number of aryl methyl sites for hydroxylation is 1. The van der Waals surface area contributed by atoms with E-state index in [0.717, 1.165) is 12.4 Å². The van der Waals surface area contributed by atoms with Gasteiger partial charge in [-0.3, -0.25) is 5.10 Å². The molecule has 0 bridgehead atoms. The van der Waals surface area contributed by atoms with Gasteiger partial charge in [-0.15, -0.1) is 5.10 Å². The summed E-state index contributed by atoms with van der Waals surface area (Å²) in [6.45, 7) is 5.36. The summed E-state index contributed by atoms with van der Waals surface area (Å²) in [5.41, 5.74) is 0. The molecule has 0 aliphatic carbocycles. The van der Waals surface area contributed by atoms with E-state index in [1.165, 1.54) is 11.8 Å². The second-order valence-corrected chi connectivity index (χ2v) is 3.96. The monoisotopic (exact) mass is 216 g/mol. The van der Waals surface area contributed by atoms with Crippen LogP contribution in [0, 0.1) is 6.92 Å². The van der Waals surface area contributed by atoms with E-state index < -0.39 is 0 Å². The number of aliphatic hydroxyl groups excluding tert-OH is 1. The fourth-order valence-electron chi connectivity index (χ4n) is 0.927. The Labute approximate surface area is 87.7 Å². The van der Waals surface area contributed by atoms with Crippen molar-refractivity contribution in [3.05, 3.63) is 5.82 Å². The van der Waals surface area contributed by atoms with Gasteiger partial charge in [0.2, 0.25) is 5.16 Å². The molecule has 0 fully saturated rings. The molecular weight excluding hydrogens is 200 g/mol. The predicted octanol–water partition coefficient (Wildman–Crippen LogP) is 0.176. The third-order valence-corrected chi connectivity index (χ3v) is 2.60. The van der Waals surface area contributed by atoms with Crippen LogP contribution in [0.2, 0.25) is 0 Å². The molecule has 3 N–H and O–H groups in total. The van der Waals surface area contributed by atoms with Gasteiger partial charge in [0.05, 0.1) is 6.10 Å². The quantitative estimate of drug-likeness (QED) is 0.591. The zero-order valence-electron chi connectivity index (χ0n) is 8.45. The van der Waals surface area contributed by atoms with E-state index in [4.69, 9.17) is 0 Å². The molecule has 0 saturated carbocycles. The van der Waals surface area contributed by atoms with Crippen LogP contribution in [0.3, 0.4) is 0 Å². The zero-order chi connectivity index (χ0) is 10.4. The summed E-state index contributed by atoms with van der Waals surface area (Å²) in [6, 6.07) is 0. The lowest BCUT2D eigenvalue weighted by atomic mass is 10.4. The summed E-state index contributed by atoms with van der Waals surface area (Å²) < 4.78 is 0. The molecule has 5 nitrogen and oxygen atoms in total. The fraction of sp³-hybridized carbons (Fsp3) is 0.750. The maximum absolute atomic E-state index is 9.50. The number of likely N-dealkylation sites (N-methyl/N-ethyl adjacent to an activating group) is 1. The van der Waals surface area contributed by atoms with Crippen molar-refractivity contribution in [2.45, 2.75) is 25.1 Å². The van der Waals surface area contributed by atoms with Crippen molar-refractivity contribution in [2.24, 2.45) is 0 Å². The number of H-pyrrole nitrogens is 1. The van der Waals surface area contributed by atoms with E-state index in [0.29, 0.717) is 17.5 Å². The van der Waals surface area contributed by atoms with Crippen LogP contribution < -0.4 is 5.32 Å². The van der Waals surface area contributed by atoms with Gasteiger partial charge < -0.3 is 10.4 Å². The first kappa shape index (κ1) is 11.5. The molecule has 0 amide bonds. The van der Waals surface area contributed by atoms with Crippen LogP contribution in [0.5, 0.6) is 0 Å². The fourth-order valence-corrected chi connectivity index (χ4v) is 1.70. The molecule has 1 atom stereocenters. The third-order valence-electron chi connectivity index (χ3n) is 1.61. The van der Waals surface area contributed by atoms with Gasteiger partial charge in [-0.1, -0.05) is 18.7 Å². The highest BCUT2D eigenvalue weighted by Crippen LogP contribution is 2.12. The highest BCUT2D eigenvalue weighted by molar-refractivity contribution is 7.99. The SMILES string of the molecule is CCNCC(O)CSc1n[nH]c(C)n1. The lowest BCUT2D eigenvalue weighted by molar-refractivity contribution is 0.196. The van der Waals surface area contributed by atoms with Crippen molar-refractivity contribution in [2.75, 3.05) is 18.8 Å². The Morgan fingerprint density at radius 2 is 2.43 bits per heavy atom. The molecule has 1 rings (SSSR count). The minimum Gasteiger partial charge on any atom is -0.391 e. The van der Waals surface area contributed by atoms with Crippen LogP contribution in [0.1, 0.15) is 12.7 Å². The number of nitrogens with one attached hydrogen (secondary N) is 2. The summed E-state index contributed by atoms with van der Waals surface area (Å²) in [6.07, 6.45) is -0.348. The number of thioether (sulfide) groups is 1. The highest BCUT2D eigenvalue weighted by atomic mass is 32.2. The van der Waals surface area contributed by atoms with Crippen LogP contribution >= 0.6 is 11.8 Å². The van der Waals surface area contributed by atoms with Crippen molar-refractivity contribution >= 4 is 11.8 Å². The standard InChI is InChI=1S/C8H16N4OS/c1-3-9-4-7(13)5-14-8-10-6(2)11-12-8/h7,9,13H,3-5H2,1-2H3,(H,10,11,12). The van der Waals surface area contributed by atoms with Gasteiger partial charge in [0, 0.05) is 12.3 Å². The molecule has 6 heteroatoms. The number of hydrogen-bond acceptors (Lipinski definition) is 5. The van der Waals surface area contributed by atoms with Crippen molar-refractivity contribution in [1.82, 2.24) is 20.5 Å². The average molecular weight is 216 g/mol. The zero-order valence-corrected chi connectivity index (χ0v) is 9.27. The third kappa shape index (κ3) is 4.08. The van der Waals surface area contributed by atoms with Crippen molar-refractivity contribution in [3.63, 3.8) is 0 Å². The Bertz CT molecular complexity index is 266. The normalized spacial score (nSPS) is 13.1. The molecule has 1 aromatic rings. The Kier molecular flexibility index (Phi) is 4.92. The topological polar surface area (TPSA) is 73.8 Å². The Balaban J connectivity index is 2.20. The van der Waals surface area contributed by atoms with Gasteiger partial charge in [0.1, 0.15) is 5.82 Å². The van der Waals surface area contributed by atoms with E-state index in [2.05, 4.69) is 20.5 Å². The lowest BCUT2D eigenvalue weighted by Gasteiger charge is -2.08. The van der Waals surface area contributed by atoms with Crippen LogP contribution in [0.15, 0.2) is 5.16 Å². The minimum absolute atomic E-state index is 0.348. The molecule has 0 saturated heterocycles. The number of rotatable bonds is 6. The summed E-state index contributed by atoms with van der Waals surface area (Å²) in [5.74, 6) is 1.42. The molecular formula is C8H16N4OS. The maximum atomic E-state index is 9.50. The molecule has 0 aromatic carbocycles. The number of hydrogen-bond donors (Lipinski definition) is 3. The molecule has 1 aromatic heterocycles. The van der Waals surface area contributed by atoms with Crippen LogP contribution in [0.4, 0.5) is 0 Å². The summed E-state index contributed by atoms with van der Waals surface area (Å²) in [5, 5.41) is 20.0. The Hall–Kier alpha value is -0.590. The second-order valence-electron chi connectivity index (χ2n) is 2.98. The van der Waals surface area contributed by atoms with Gasteiger partial charge >= 0.3 is 0 Å². The smallest absolute Gasteiger partial charge is 0.208 e. The van der Waals surface area contributed by atoms with Gasteiger partial charge in [-0.2, -0.15) is 0 Å². The number of nitrogens with zero attached hydrogens (tertiary/aromatic N) is 2. The van der Waals surface area contributed by atoms with Gasteiger partial charge in [-0.05, 0) is 13.5 Å². The number of aromatic amines is 1. The average Bonchev–Trinajstić information content (AvgIpc) is 2.58. The Morgan fingerprint density at radius 3 is 3.00 bits per heavy atom. The number of aliphatic hydroxyl groups is 1. The molecule has 1 unspecified atom stereocenters. The lowest BCUT2D eigenvalue weighted by Crippen LogP contribution is -2.28. The van der Waals surface area contributed by atoms with Gasteiger partial charge in [0.15, 0.2) is 0 Å². The Morgan fingerprint density at radius 1 is 1.64 bits per heavy atom. The summed E-state index contributed by atoms with van der Waals surface area (Å²) >= 11 is 1.46. The summed E-state index contributed by atoms with van der Waals surface area (Å²) in [4.78, 5) is 4.13. The molecule has 14 heavy (non-hydrogen) atoms. The van der Waals surface area contributed by atoms with Crippen LogP contribution in [0.25, 0.3) is 0 Å². The molecule has 0 spiro atoms. The highest BCUT2D eigenvalue weighted by Gasteiger charge is 2.06. The summed E-state index contributed by atoms with van der Waals surface area (Å²) in [7, 11) is 0. The second kappa shape index (κ2) is 6.00. The van der Waals surface area contributed by atoms with Crippen LogP contribution in [-0.4, -0.2) is 45.2 Å². The first-order chi connectivity index (χ1) is 6.72. The van der Waals surface area contributed by atoms with E-state index >= 15 is 0 Å². The molecule has 1 heterocycles. The van der Waals surface area contributed by atoms with Gasteiger partial charge in [0.25, 0.3) is 0 Å². The minimum atomic E-state index is -0.348. The first-order valence-electron chi connectivity index (χ1n) is 4.63. The van der Waals surface area contributed by atoms with Gasteiger partial charge in [-0.25, -0.2) is 4.98 Å². The van der Waals surface area contributed by atoms with E-state index in [9.17, 15) is 5.11 Å². The predicted molar refractivity (Wildman–Crippen MR) is 56.4 cm³/mol. The molecule has 80 valence electrons. The maximum Gasteiger partial charge on any atom is 0.208 e. The van der Waals surface area contributed by atoms with Crippen molar-refractivity contribution in [3.8, 4) is 0 Å². The van der Waals surface area contributed by atoms with E-state index in [1.54, 1.807) is 0 Å². The van der Waals surface area contributed by atoms with Crippen LogP contribution in [-0.2, 0) is 0 Å². The van der Waals surface area contributed by atoms with E-state index in [1.807, 2.05) is 13.8 Å². The molecule has 0 aliphatic heterocycles. The van der Waals surface area contributed by atoms with Crippen molar-refractivity contribution in [1.29, 1.82) is 0 Å². The van der Waals surface area contributed by atoms with E-state index in [-0.39, 0.29) is 6.10 Å². The first-order valence-corrected chi connectivity index (χ1v) is 5.61. The molecule has 0 aliphatic rings. The molecule has 0 radical (unpaired) electrons. The largest absolute Gasteiger partial charge is 0.391 e.